The number of benzene rings is 2. The Morgan fingerprint density at radius 1 is 1.30 bits per heavy atom. The van der Waals surface area contributed by atoms with E-state index in [2.05, 4.69) is 16.0 Å². The normalized spacial score (nSPS) is 16.3. The largest absolute Gasteiger partial charge is 0.485 e. The van der Waals surface area contributed by atoms with Crippen LogP contribution in [0.2, 0.25) is 0 Å². The molecular formula is C22H17N3O2. The van der Waals surface area contributed by atoms with Crippen LogP contribution in [0.1, 0.15) is 23.9 Å². The second-order valence-electron chi connectivity index (χ2n) is 6.55. The minimum absolute atomic E-state index is 0.210. The highest BCUT2D eigenvalue weighted by molar-refractivity contribution is 5.83. The van der Waals surface area contributed by atoms with Crippen LogP contribution in [-0.4, -0.2) is 16.1 Å². The van der Waals surface area contributed by atoms with E-state index in [1.807, 2.05) is 50.3 Å². The summed E-state index contributed by atoms with van der Waals surface area (Å²) in [4.78, 5) is 19.6. The van der Waals surface area contributed by atoms with Gasteiger partial charge in [0.15, 0.2) is 5.82 Å². The summed E-state index contributed by atoms with van der Waals surface area (Å²) in [6.45, 7) is 3.84. The van der Waals surface area contributed by atoms with Gasteiger partial charge in [0.2, 0.25) is 0 Å². The number of hydrogen-bond acceptors (Lipinski definition) is 4. The fourth-order valence-electron chi connectivity index (χ4n) is 3.12. The Hall–Kier alpha value is -3.65. The molecule has 0 radical (unpaired) electrons. The molecule has 2 aromatic carbocycles. The molecule has 2 heterocycles. The summed E-state index contributed by atoms with van der Waals surface area (Å²) in [5.41, 5.74) is 3.37. The number of nitrogens with one attached hydrogen (secondary N) is 1. The number of allylic oxidation sites excluding steroid dienone is 1. The van der Waals surface area contributed by atoms with Crippen molar-refractivity contribution in [2.75, 3.05) is 0 Å². The van der Waals surface area contributed by atoms with E-state index in [1.165, 1.54) is 0 Å². The van der Waals surface area contributed by atoms with Crippen molar-refractivity contribution >= 4 is 22.6 Å². The summed E-state index contributed by atoms with van der Waals surface area (Å²) in [7, 11) is 0. The lowest BCUT2D eigenvalue weighted by Gasteiger charge is -2.23. The van der Waals surface area contributed by atoms with Crippen LogP contribution >= 0.6 is 0 Å². The Bertz CT molecular complexity index is 1210. The van der Waals surface area contributed by atoms with Crippen LogP contribution in [0.5, 0.6) is 5.75 Å². The first-order valence-corrected chi connectivity index (χ1v) is 8.65. The van der Waals surface area contributed by atoms with E-state index < -0.39 is 0 Å². The van der Waals surface area contributed by atoms with Crippen LogP contribution in [0.4, 0.5) is 0 Å². The summed E-state index contributed by atoms with van der Waals surface area (Å²) in [6, 6.07) is 15.4. The Labute approximate surface area is 156 Å². The first-order chi connectivity index (χ1) is 13.0. The highest BCUT2D eigenvalue weighted by atomic mass is 16.5. The van der Waals surface area contributed by atoms with Gasteiger partial charge in [0.05, 0.1) is 16.5 Å². The predicted molar refractivity (Wildman–Crippen MR) is 105 cm³/mol. The first kappa shape index (κ1) is 16.8. The van der Waals surface area contributed by atoms with Gasteiger partial charge >= 0.3 is 0 Å². The number of H-pyrrole nitrogens is 1. The number of hydrogen-bond donors (Lipinski definition) is 1. The quantitative estimate of drug-likeness (QED) is 0.705. The maximum atomic E-state index is 12.4. The van der Waals surface area contributed by atoms with Crippen LogP contribution in [0.3, 0.4) is 0 Å². The Balaban J connectivity index is 1.82. The molecule has 4 rings (SSSR count). The molecule has 0 bridgehead atoms. The van der Waals surface area contributed by atoms with Gasteiger partial charge in [-0.05, 0) is 49.8 Å². The number of aryl methyl sites for hydroxylation is 1. The van der Waals surface area contributed by atoms with E-state index in [1.54, 1.807) is 18.2 Å². The number of nitrogens with zero attached hydrogens (tertiary/aromatic N) is 2. The number of aromatic nitrogens is 2. The summed E-state index contributed by atoms with van der Waals surface area (Å²) < 4.78 is 5.92. The molecule has 132 valence electrons. The highest BCUT2D eigenvalue weighted by Gasteiger charge is 2.18. The predicted octanol–water partition coefficient (Wildman–Crippen LogP) is 4.00. The smallest absolute Gasteiger partial charge is 0.259 e. The van der Waals surface area contributed by atoms with Gasteiger partial charge in [-0.15, -0.1) is 0 Å². The van der Waals surface area contributed by atoms with Crippen molar-refractivity contribution in [3.8, 4) is 11.8 Å². The van der Waals surface area contributed by atoms with Gasteiger partial charge in [-0.1, -0.05) is 29.8 Å². The van der Waals surface area contributed by atoms with Crippen molar-refractivity contribution in [3.05, 3.63) is 81.4 Å². The van der Waals surface area contributed by atoms with Crippen molar-refractivity contribution in [1.82, 2.24) is 9.97 Å². The van der Waals surface area contributed by atoms with E-state index in [-0.39, 0.29) is 23.1 Å². The van der Waals surface area contributed by atoms with Crippen molar-refractivity contribution in [2.45, 2.75) is 20.0 Å². The molecule has 0 saturated heterocycles. The van der Waals surface area contributed by atoms with E-state index >= 15 is 0 Å². The van der Waals surface area contributed by atoms with Gasteiger partial charge in [0, 0.05) is 5.56 Å². The second kappa shape index (κ2) is 6.58. The summed E-state index contributed by atoms with van der Waals surface area (Å²) in [6.07, 6.45) is 3.50. The molecule has 1 atom stereocenters. The molecule has 0 aliphatic carbocycles. The molecule has 0 amide bonds. The average molecular weight is 355 g/mol. The average Bonchev–Trinajstić information content (AvgIpc) is 2.66. The minimum Gasteiger partial charge on any atom is -0.485 e. The Morgan fingerprint density at radius 3 is 2.93 bits per heavy atom. The molecule has 1 N–H and O–H groups in total. The molecule has 1 aliphatic rings. The number of nitriles is 1. The van der Waals surface area contributed by atoms with Gasteiger partial charge in [-0.25, -0.2) is 4.98 Å². The zero-order chi connectivity index (χ0) is 19.0. The number of para-hydroxylation sites is 1. The van der Waals surface area contributed by atoms with Gasteiger partial charge < -0.3 is 9.72 Å². The molecule has 1 aliphatic heterocycles. The van der Waals surface area contributed by atoms with Crippen LogP contribution in [0, 0.1) is 18.3 Å². The second-order valence-corrected chi connectivity index (χ2v) is 6.55. The fraction of sp³-hybridized carbons (Fsp3) is 0.136. The van der Waals surface area contributed by atoms with Crippen molar-refractivity contribution in [2.24, 2.45) is 0 Å². The molecule has 0 fully saturated rings. The van der Waals surface area contributed by atoms with E-state index in [0.717, 1.165) is 22.4 Å². The third kappa shape index (κ3) is 3.13. The molecule has 1 aromatic heterocycles. The molecule has 0 spiro atoms. The summed E-state index contributed by atoms with van der Waals surface area (Å²) in [5, 5.41) is 10.2. The van der Waals surface area contributed by atoms with Crippen molar-refractivity contribution in [1.29, 1.82) is 5.26 Å². The Kier molecular flexibility index (Phi) is 4.09. The van der Waals surface area contributed by atoms with Gasteiger partial charge in [0.25, 0.3) is 5.56 Å². The topological polar surface area (TPSA) is 78.8 Å². The fourth-order valence-corrected chi connectivity index (χ4v) is 3.12. The molecule has 5 heteroatoms. The van der Waals surface area contributed by atoms with Crippen LogP contribution < -0.4 is 10.3 Å². The maximum absolute atomic E-state index is 12.4. The first-order valence-electron chi connectivity index (χ1n) is 8.65. The summed E-state index contributed by atoms with van der Waals surface area (Å²) >= 11 is 0. The molecule has 5 nitrogen and oxygen atoms in total. The maximum Gasteiger partial charge on any atom is 0.259 e. The van der Waals surface area contributed by atoms with Crippen molar-refractivity contribution in [3.63, 3.8) is 0 Å². The lowest BCUT2D eigenvalue weighted by Crippen LogP contribution is -2.18. The van der Waals surface area contributed by atoms with Crippen LogP contribution in [0.25, 0.3) is 22.6 Å². The number of ether oxygens (including phenoxy) is 1. The standard InChI is InChI=1S/C22H17N3O2/c1-13-7-8-19-18(9-13)22(26)25-21(24-19)17(12-23)11-16-10-15-5-3-4-6-20(15)27-14(16)2/h3-11,14H,1-2H3,(H,24,25,26). The molecule has 1 unspecified atom stereocenters. The van der Waals surface area contributed by atoms with Gasteiger partial charge in [-0.3, -0.25) is 4.79 Å². The third-order valence-corrected chi connectivity index (χ3v) is 4.56. The third-order valence-electron chi connectivity index (χ3n) is 4.56. The molecule has 0 saturated carbocycles. The van der Waals surface area contributed by atoms with E-state index in [0.29, 0.717) is 10.9 Å². The lowest BCUT2D eigenvalue weighted by atomic mass is 10.00. The number of aromatic amines is 1. The van der Waals surface area contributed by atoms with E-state index in [9.17, 15) is 10.1 Å². The monoisotopic (exact) mass is 355 g/mol. The summed E-state index contributed by atoms with van der Waals surface area (Å²) in [5.74, 6) is 1.07. The number of rotatable bonds is 2. The van der Waals surface area contributed by atoms with Crippen LogP contribution in [0.15, 0.2) is 58.9 Å². The van der Waals surface area contributed by atoms with Crippen LogP contribution in [-0.2, 0) is 0 Å². The van der Waals surface area contributed by atoms with Gasteiger partial charge in [0.1, 0.15) is 17.9 Å². The molecule has 3 aromatic rings. The van der Waals surface area contributed by atoms with Crippen molar-refractivity contribution < 1.29 is 4.74 Å². The lowest BCUT2D eigenvalue weighted by molar-refractivity contribution is 0.257. The molecule has 27 heavy (non-hydrogen) atoms. The minimum atomic E-state index is -0.257. The number of fused-ring (bicyclic) bond motifs is 2. The molecular weight excluding hydrogens is 338 g/mol. The Morgan fingerprint density at radius 2 is 2.11 bits per heavy atom. The highest BCUT2D eigenvalue weighted by Crippen LogP contribution is 2.30. The SMILES string of the molecule is Cc1ccc2nc(C(C#N)=CC3=Cc4ccccc4OC3C)[nH]c(=O)c2c1. The van der Waals surface area contributed by atoms with E-state index in [4.69, 9.17) is 4.74 Å². The van der Waals surface area contributed by atoms with Gasteiger partial charge in [-0.2, -0.15) is 5.26 Å². The zero-order valence-electron chi connectivity index (χ0n) is 15.0. The zero-order valence-corrected chi connectivity index (χ0v) is 15.0.